The van der Waals surface area contributed by atoms with Gasteiger partial charge >= 0.3 is 5.97 Å². The van der Waals surface area contributed by atoms with Crippen molar-refractivity contribution in [2.75, 3.05) is 13.2 Å². The van der Waals surface area contributed by atoms with E-state index in [1.807, 2.05) is 50.2 Å². The molecule has 0 aliphatic carbocycles. The van der Waals surface area contributed by atoms with E-state index in [1.54, 1.807) is 11.3 Å². The number of carbonyl (C=O) groups excluding carboxylic acids is 2. The summed E-state index contributed by atoms with van der Waals surface area (Å²) in [6, 6.07) is 11.7. The van der Waals surface area contributed by atoms with Crippen LogP contribution in [-0.2, 0) is 27.3 Å². The minimum atomic E-state index is -0.813. The maximum absolute atomic E-state index is 12.4. The van der Waals surface area contributed by atoms with Gasteiger partial charge in [-0.2, -0.15) is 5.26 Å². The molecule has 0 atom stereocenters. The van der Waals surface area contributed by atoms with Crippen LogP contribution in [0.5, 0.6) is 0 Å². The van der Waals surface area contributed by atoms with Crippen LogP contribution in [0.25, 0.3) is 16.3 Å². The van der Waals surface area contributed by atoms with E-state index < -0.39 is 18.5 Å². The average Bonchev–Trinajstić information content (AvgIpc) is 3.31. The lowest BCUT2D eigenvalue weighted by atomic mass is 10.1. The smallest absolute Gasteiger partial charge is 0.349 e. The fourth-order valence-electron chi connectivity index (χ4n) is 3.51. The number of carbonyl (C=O) groups is 2. The highest BCUT2D eigenvalue weighted by atomic mass is 32.1. The quantitative estimate of drug-likeness (QED) is 0.291. The lowest BCUT2D eigenvalue weighted by Crippen LogP contribution is -2.30. The number of nitrogens with one attached hydrogen (secondary N) is 1. The maximum atomic E-state index is 12.4. The van der Waals surface area contributed by atoms with E-state index in [1.165, 1.54) is 6.08 Å². The van der Waals surface area contributed by atoms with E-state index in [0.717, 1.165) is 38.7 Å². The first kappa shape index (κ1) is 24.2. The molecule has 1 amide bonds. The average molecular weight is 465 g/mol. The number of thiazole rings is 1. The summed E-state index contributed by atoms with van der Waals surface area (Å²) in [6.45, 7) is 9.03. The van der Waals surface area contributed by atoms with Gasteiger partial charge in [0, 0.05) is 30.9 Å². The van der Waals surface area contributed by atoms with E-state index in [0.29, 0.717) is 18.9 Å². The first-order valence-corrected chi connectivity index (χ1v) is 11.7. The van der Waals surface area contributed by atoms with Crippen LogP contribution < -0.4 is 5.32 Å². The molecule has 3 aromatic rings. The van der Waals surface area contributed by atoms with Crippen molar-refractivity contribution in [3.63, 3.8) is 0 Å². The van der Waals surface area contributed by atoms with E-state index in [2.05, 4.69) is 28.7 Å². The fourth-order valence-corrected chi connectivity index (χ4v) is 4.47. The number of esters is 1. The third kappa shape index (κ3) is 6.30. The number of nitrogens with zero attached hydrogens (tertiary/aromatic N) is 3. The summed E-state index contributed by atoms with van der Waals surface area (Å²) in [4.78, 5) is 28.9. The normalized spacial score (nSPS) is 11.6. The number of para-hydroxylation sites is 1. The molecule has 0 spiro atoms. The van der Waals surface area contributed by atoms with Gasteiger partial charge in [-0.05, 0) is 49.6 Å². The number of fused-ring (bicyclic) bond motifs is 1. The molecule has 0 aliphatic rings. The molecule has 0 unspecified atom stereocenters. The molecule has 7 nitrogen and oxygen atoms in total. The molecule has 3 rings (SSSR count). The maximum Gasteiger partial charge on any atom is 0.349 e. The Morgan fingerprint density at radius 1 is 1.30 bits per heavy atom. The first-order chi connectivity index (χ1) is 15.8. The van der Waals surface area contributed by atoms with Crippen LogP contribution in [0, 0.1) is 31.1 Å². The molecule has 0 saturated carbocycles. The molecule has 1 N–H and O–H groups in total. The van der Waals surface area contributed by atoms with Crippen molar-refractivity contribution in [3.05, 3.63) is 57.9 Å². The Morgan fingerprint density at radius 3 is 2.76 bits per heavy atom. The number of hydrogen-bond acceptors (Lipinski definition) is 6. The molecule has 0 fully saturated rings. The van der Waals surface area contributed by atoms with Gasteiger partial charge in [-0.15, -0.1) is 11.3 Å². The highest BCUT2D eigenvalue weighted by Gasteiger charge is 2.16. The molecule has 0 aliphatic heterocycles. The second-order valence-electron chi connectivity index (χ2n) is 8.25. The van der Waals surface area contributed by atoms with Crippen molar-refractivity contribution in [2.24, 2.45) is 5.92 Å². The number of hydrogen-bond donors (Lipinski definition) is 1. The molecule has 2 aromatic heterocycles. The van der Waals surface area contributed by atoms with Gasteiger partial charge in [0.05, 0.1) is 15.2 Å². The second kappa shape index (κ2) is 10.9. The third-order valence-electron chi connectivity index (χ3n) is 5.13. The highest BCUT2D eigenvalue weighted by Crippen LogP contribution is 2.22. The van der Waals surface area contributed by atoms with Gasteiger partial charge in [-0.1, -0.05) is 26.0 Å². The van der Waals surface area contributed by atoms with Crippen LogP contribution in [0.2, 0.25) is 0 Å². The summed E-state index contributed by atoms with van der Waals surface area (Å²) in [5.74, 6) is -0.760. The standard InChI is InChI=1S/C25H28N4O3S/c1-16(2)14-29-17(3)11-19(18(29)4)12-20(13-26)25(31)32-15-23(30)27-10-9-24-28-21-7-5-6-8-22(21)33-24/h5-8,11-12,16H,9-10,14-15H2,1-4H3,(H,27,30)/b20-12+. The summed E-state index contributed by atoms with van der Waals surface area (Å²) in [7, 11) is 0. The van der Waals surface area contributed by atoms with Gasteiger partial charge in [0.2, 0.25) is 0 Å². The van der Waals surface area contributed by atoms with E-state index in [4.69, 9.17) is 4.74 Å². The Bertz CT molecular complexity index is 1200. The lowest BCUT2D eigenvalue weighted by molar-refractivity contribution is -0.144. The van der Waals surface area contributed by atoms with Gasteiger partial charge in [0.25, 0.3) is 5.91 Å². The SMILES string of the molecule is Cc1cc(/C=C(\C#N)C(=O)OCC(=O)NCCc2nc3ccccc3s2)c(C)n1CC(C)C. The monoisotopic (exact) mass is 464 g/mol. The van der Waals surface area contributed by atoms with Crippen molar-refractivity contribution in [3.8, 4) is 6.07 Å². The van der Waals surface area contributed by atoms with Crippen molar-refractivity contribution in [2.45, 2.75) is 40.7 Å². The van der Waals surface area contributed by atoms with Crippen LogP contribution >= 0.6 is 11.3 Å². The molecule has 172 valence electrons. The summed E-state index contributed by atoms with van der Waals surface area (Å²) >= 11 is 1.59. The Hall–Kier alpha value is -3.44. The zero-order valence-electron chi connectivity index (χ0n) is 19.3. The number of aromatic nitrogens is 2. The van der Waals surface area contributed by atoms with E-state index >= 15 is 0 Å². The lowest BCUT2D eigenvalue weighted by Gasteiger charge is -2.12. The third-order valence-corrected chi connectivity index (χ3v) is 6.23. The highest BCUT2D eigenvalue weighted by molar-refractivity contribution is 7.18. The van der Waals surface area contributed by atoms with Crippen LogP contribution in [0.15, 0.2) is 35.9 Å². The number of rotatable bonds is 9. The Labute approximate surface area is 197 Å². The first-order valence-electron chi connectivity index (χ1n) is 10.8. The Balaban J connectivity index is 1.52. The number of aryl methyl sites for hydroxylation is 1. The minimum absolute atomic E-state index is 0.137. The van der Waals surface area contributed by atoms with Crippen LogP contribution in [0.1, 0.15) is 35.8 Å². The van der Waals surface area contributed by atoms with Crippen LogP contribution in [-0.4, -0.2) is 34.6 Å². The van der Waals surface area contributed by atoms with Gasteiger partial charge in [-0.25, -0.2) is 9.78 Å². The van der Waals surface area contributed by atoms with Crippen molar-refractivity contribution < 1.29 is 14.3 Å². The van der Waals surface area contributed by atoms with Crippen molar-refractivity contribution >= 4 is 39.5 Å². The number of nitriles is 1. The zero-order chi connectivity index (χ0) is 24.0. The number of ether oxygens (including phenoxy) is 1. The molecule has 2 heterocycles. The summed E-state index contributed by atoms with van der Waals surface area (Å²) < 4.78 is 8.33. The molecular formula is C25H28N4O3S. The van der Waals surface area contributed by atoms with E-state index in [9.17, 15) is 14.9 Å². The predicted octanol–water partition coefficient (Wildman–Crippen LogP) is 4.18. The van der Waals surface area contributed by atoms with E-state index in [-0.39, 0.29) is 5.57 Å². The number of amides is 1. The molecule has 33 heavy (non-hydrogen) atoms. The molecular weight excluding hydrogens is 436 g/mol. The molecule has 8 heteroatoms. The fraction of sp³-hybridized carbons (Fsp3) is 0.360. The predicted molar refractivity (Wildman–Crippen MR) is 130 cm³/mol. The minimum Gasteiger partial charge on any atom is -0.451 e. The Morgan fingerprint density at radius 2 is 2.06 bits per heavy atom. The molecule has 0 radical (unpaired) electrons. The van der Waals surface area contributed by atoms with Gasteiger partial charge in [0.15, 0.2) is 6.61 Å². The van der Waals surface area contributed by atoms with Crippen molar-refractivity contribution in [1.82, 2.24) is 14.9 Å². The van der Waals surface area contributed by atoms with Gasteiger partial charge in [-0.3, -0.25) is 4.79 Å². The molecule has 0 saturated heterocycles. The number of benzene rings is 1. The molecule has 0 bridgehead atoms. The second-order valence-corrected chi connectivity index (χ2v) is 9.37. The topological polar surface area (TPSA) is 97.0 Å². The summed E-state index contributed by atoms with van der Waals surface area (Å²) in [5, 5.41) is 13.1. The van der Waals surface area contributed by atoms with Crippen LogP contribution in [0.4, 0.5) is 0 Å². The summed E-state index contributed by atoms with van der Waals surface area (Å²) in [5.41, 5.74) is 3.64. The van der Waals surface area contributed by atoms with Gasteiger partial charge in [0.1, 0.15) is 11.6 Å². The zero-order valence-corrected chi connectivity index (χ0v) is 20.2. The summed E-state index contributed by atoms with van der Waals surface area (Å²) in [6.07, 6.45) is 2.11. The van der Waals surface area contributed by atoms with Gasteiger partial charge < -0.3 is 14.6 Å². The van der Waals surface area contributed by atoms with Crippen molar-refractivity contribution in [1.29, 1.82) is 5.26 Å². The molecule has 1 aromatic carbocycles. The largest absolute Gasteiger partial charge is 0.451 e. The van der Waals surface area contributed by atoms with Crippen LogP contribution in [0.3, 0.4) is 0 Å². The Kier molecular flexibility index (Phi) is 8.01.